The number of thiophene rings is 1. The van der Waals surface area contributed by atoms with E-state index in [1.165, 1.54) is 0 Å². The highest BCUT2D eigenvalue weighted by Gasteiger charge is 2.30. The first kappa shape index (κ1) is 16.1. The fourth-order valence-electron chi connectivity index (χ4n) is 1.15. The molecule has 0 aliphatic heterocycles. The van der Waals surface area contributed by atoms with Crippen molar-refractivity contribution < 1.29 is 31.5 Å². The van der Waals surface area contributed by atoms with Gasteiger partial charge in [-0.15, -0.1) is 11.3 Å². The van der Waals surface area contributed by atoms with Crippen LogP contribution in [0.2, 0.25) is 0 Å². The summed E-state index contributed by atoms with van der Waals surface area (Å²) < 4.78 is 55.8. The summed E-state index contributed by atoms with van der Waals surface area (Å²) in [5.41, 5.74) is 0. The van der Waals surface area contributed by atoms with Crippen molar-refractivity contribution in [3.8, 4) is 5.75 Å². The molecule has 108 valence electrons. The van der Waals surface area contributed by atoms with E-state index in [9.17, 15) is 22.0 Å². The van der Waals surface area contributed by atoms with E-state index in [4.69, 9.17) is 15.4 Å². The topological polar surface area (TPSA) is 69.7 Å². The Labute approximate surface area is 116 Å². The Morgan fingerprint density at radius 3 is 2.42 bits per heavy atom. The molecule has 0 spiro atoms. The number of hydrogen-bond acceptors (Lipinski definition) is 6. The van der Waals surface area contributed by atoms with Crippen molar-refractivity contribution in [2.75, 3.05) is 0 Å². The maximum absolute atomic E-state index is 12.1. The molecule has 0 atom stereocenters. The SMILES string of the molecule is CC(C)OC(=O)c1scc(OC(F)F)c1S(=O)(=O)Cl. The lowest BCUT2D eigenvalue weighted by atomic mass is 10.4. The molecule has 0 amide bonds. The molecule has 0 fully saturated rings. The first-order valence-electron chi connectivity index (χ1n) is 4.85. The Morgan fingerprint density at radius 1 is 1.42 bits per heavy atom. The fourth-order valence-corrected chi connectivity index (χ4v) is 3.70. The molecular formula is C9H9ClF2O5S2. The normalized spacial score (nSPS) is 11.9. The number of hydrogen-bond donors (Lipinski definition) is 0. The first-order chi connectivity index (χ1) is 8.62. The van der Waals surface area contributed by atoms with E-state index in [1.54, 1.807) is 13.8 Å². The van der Waals surface area contributed by atoms with Gasteiger partial charge < -0.3 is 9.47 Å². The Balaban J connectivity index is 3.27. The van der Waals surface area contributed by atoms with Crippen molar-refractivity contribution in [1.29, 1.82) is 0 Å². The van der Waals surface area contributed by atoms with Crippen LogP contribution in [0.5, 0.6) is 5.75 Å². The number of carbonyl (C=O) groups excluding carboxylic acids is 1. The van der Waals surface area contributed by atoms with E-state index in [0.717, 1.165) is 5.38 Å². The molecule has 0 aromatic carbocycles. The van der Waals surface area contributed by atoms with Gasteiger partial charge in [0.15, 0.2) is 5.75 Å². The zero-order chi connectivity index (χ0) is 14.8. The highest BCUT2D eigenvalue weighted by molar-refractivity contribution is 8.14. The number of carbonyl (C=O) groups is 1. The second-order valence-electron chi connectivity index (χ2n) is 3.53. The minimum Gasteiger partial charge on any atom is -0.459 e. The molecule has 1 heterocycles. The van der Waals surface area contributed by atoms with E-state index in [-0.39, 0.29) is 0 Å². The molecule has 0 aliphatic carbocycles. The van der Waals surface area contributed by atoms with E-state index in [1.807, 2.05) is 0 Å². The molecule has 0 saturated heterocycles. The lowest BCUT2D eigenvalue weighted by Gasteiger charge is -2.08. The van der Waals surface area contributed by atoms with Crippen LogP contribution >= 0.6 is 22.0 Å². The van der Waals surface area contributed by atoms with Crippen molar-refractivity contribution in [2.24, 2.45) is 0 Å². The summed E-state index contributed by atoms with van der Waals surface area (Å²) in [6, 6.07) is 0. The molecule has 19 heavy (non-hydrogen) atoms. The molecule has 0 bridgehead atoms. The molecule has 1 rings (SSSR count). The molecule has 1 aromatic heterocycles. The lowest BCUT2D eigenvalue weighted by Crippen LogP contribution is -2.13. The Hall–Kier alpha value is -0.930. The average Bonchev–Trinajstić information content (AvgIpc) is 2.58. The smallest absolute Gasteiger partial charge is 0.387 e. The Kier molecular flexibility index (Phi) is 5.11. The van der Waals surface area contributed by atoms with Crippen molar-refractivity contribution in [3.05, 3.63) is 10.3 Å². The summed E-state index contributed by atoms with van der Waals surface area (Å²) in [5, 5.41) is 0.957. The molecule has 1 aromatic rings. The van der Waals surface area contributed by atoms with Crippen molar-refractivity contribution >= 4 is 37.0 Å². The van der Waals surface area contributed by atoms with Crippen LogP contribution in [0.4, 0.5) is 8.78 Å². The third-order valence-corrected chi connectivity index (χ3v) is 4.13. The summed E-state index contributed by atoms with van der Waals surface area (Å²) in [6.07, 6.45) is -0.500. The molecule has 0 N–H and O–H groups in total. The maximum Gasteiger partial charge on any atom is 0.387 e. The van der Waals surface area contributed by atoms with Gasteiger partial charge >= 0.3 is 12.6 Å². The van der Waals surface area contributed by atoms with Crippen LogP contribution in [0, 0.1) is 0 Å². The van der Waals surface area contributed by atoms with Gasteiger partial charge in [-0.2, -0.15) is 8.78 Å². The van der Waals surface area contributed by atoms with E-state index in [0.29, 0.717) is 11.3 Å². The number of esters is 1. The Bertz CT molecular complexity index is 567. The monoisotopic (exact) mass is 334 g/mol. The van der Waals surface area contributed by atoms with Gasteiger partial charge in [0.2, 0.25) is 0 Å². The zero-order valence-corrected chi connectivity index (χ0v) is 12.1. The van der Waals surface area contributed by atoms with Gasteiger partial charge in [0.25, 0.3) is 9.05 Å². The minimum atomic E-state index is -4.42. The number of halogens is 3. The highest BCUT2D eigenvalue weighted by atomic mass is 35.7. The molecule has 10 heteroatoms. The summed E-state index contributed by atoms with van der Waals surface area (Å²) in [5.74, 6) is -1.64. The molecule has 0 radical (unpaired) electrons. The van der Waals surface area contributed by atoms with E-state index in [2.05, 4.69) is 4.74 Å². The lowest BCUT2D eigenvalue weighted by molar-refractivity contribution is -0.0514. The highest BCUT2D eigenvalue weighted by Crippen LogP contribution is 2.37. The van der Waals surface area contributed by atoms with Crippen LogP contribution < -0.4 is 4.74 Å². The van der Waals surface area contributed by atoms with Crippen LogP contribution in [0.3, 0.4) is 0 Å². The summed E-state index contributed by atoms with van der Waals surface area (Å²) >= 11 is 0.599. The zero-order valence-electron chi connectivity index (χ0n) is 9.72. The van der Waals surface area contributed by atoms with Gasteiger partial charge in [0.1, 0.15) is 9.77 Å². The fraction of sp³-hybridized carbons (Fsp3) is 0.444. The van der Waals surface area contributed by atoms with E-state index >= 15 is 0 Å². The predicted molar refractivity (Wildman–Crippen MR) is 64.5 cm³/mol. The number of alkyl halides is 2. The van der Waals surface area contributed by atoms with Gasteiger partial charge in [0.05, 0.1) is 6.10 Å². The summed E-state index contributed by atoms with van der Waals surface area (Å²) in [6.45, 7) is -0.130. The third-order valence-electron chi connectivity index (χ3n) is 1.70. The number of rotatable bonds is 5. The van der Waals surface area contributed by atoms with Crippen LogP contribution in [-0.4, -0.2) is 27.1 Å². The van der Waals surface area contributed by atoms with Crippen molar-refractivity contribution in [1.82, 2.24) is 0 Å². The maximum atomic E-state index is 12.1. The summed E-state index contributed by atoms with van der Waals surface area (Å²) in [4.78, 5) is 10.4. The second-order valence-corrected chi connectivity index (χ2v) is 6.91. The van der Waals surface area contributed by atoms with Crippen LogP contribution in [0.15, 0.2) is 10.3 Å². The Morgan fingerprint density at radius 2 is 2.00 bits per heavy atom. The minimum absolute atomic E-state index is 0.403. The van der Waals surface area contributed by atoms with Crippen LogP contribution in [0.25, 0.3) is 0 Å². The molecule has 0 unspecified atom stereocenters. The van der Waals surface area contributed by atoms with E-state index < -0.39 is 43.3 Å². The average molecular weight is 335 g/mol. The second kappa shape index (κ2) is 6.02. The molecule has 5 nitrogen and oxygen atoms in total. The van der Waals surface area contributed by atoms with Crippen molar-refractivity contribution in [2.45, 2.75) is 31.5 Å². The molecule has 0 aliphatic rings. The largest absolute Gasteiger partial charge is 0.459 e. The van der Waals surface area contributed by atoms with Gasteiger partial charge in [-0.05, 0) is 13.8 Å². The van der Waals surface area contributed by atoms with Gasteiger partial charge in [-0.25, -0.2) is 13.2 Å². The van der Waals surface area contributed by atoms with Crippen LogP contribution in [-0.2, 0) is 13.8 Å². The van der Waals surface area contributed by atoms with Crippen molar-refractivity contribution in [3.63, 3.8) is 0 Å². The standard InChI is InChI=1S/C9H9ClF2O5S2/c1-4(2)16-8(13)6-7(19(10,14)15)5(3-18-6)17-9(11)12/h3-4,9H,1-2H3. The first-order valence-corrected chi connectivity index (χ1v) is 8.03. The van der Waals surface area contributed by atoms with Gasteiger partial charge in [-0.1, -0.05) is 0 Å². The third kappa shape index (κ3) is 4.29. The van der Waals surface area contributed by atoms with Crippen LogP contribution in [0.1, 0.15) is 23.5 Å². The summed E-state index contributed by atoms with van der Waals surface area (Å²) in [7, 11) is 0.697. The van der Waals surface area contributed by atoms with Gasteiger partial charge in [0, 0.05) is 16.1 Å². The number of ether oxygens (including phenoxy) is 2. The van der Waals surface area contributed by atoms with Gasteiger partial charge in [-0.3, -0.25) is 0 Å². The molecule has 0 saturated carbocycles. The molecular weight excluding hydrogens is 326 g/mol. The quantitative estimate of drug-likeness (QED) is 0.611. The predicted octanol–water partition coefficient (Wildman–Crippen LogP) is 2.84.